The number of nitrogens with zero attached hydrogens (tertiary/aromatic N) is 4. The number of hydrogen-bond acceptors (Lipinski definition) is 6. The summed E-state index contributed by atoms with van der Waals surface area (Å²) < 4.78 is 0. The quantitative estimate of drug-likeness (QED) is 0.537. The van der Waals surface area contributed by atoms with E-state index in [2.05, 4.69) is 20.9 Å². The smallest absolute Gasteiger partial charge is 0.274 e. The lowest BCUT2D eigenvalue weighted by Gasteiger charge is -2.26. The van der Waals surface area contributed by atoms with Gasteiger partial charge in [0.2, 0.25) is 0 Å². The zero-order chi connectivity index (χ0) is 19.7. The summed E-state index contributed by atoms with van der Waals surface area (Å²) >= 11 is 0. The minimum atomic E-state index is -0.512. The van der Waals surface area contributed by atoms with Gasteiger partial charge < -0.3 is 9.80 Å². The fraction of sp³-hybridized carbons (Fsp3) is 0.286. The number of hydroxylamine groups is 1. The number of carbonyl (C=O) groups excluding carboxylic acids is 1. The molecule has 2 heterocycles. The van der Waals surface area contributed by atoms with Crippen molar-refractivity contribution >= 4 is 28.3 Å². The molecule has 1 aromatic heterocycles. The van der Waals surface area contributed by atoms with Gasteiger partial charge in [0.25, 0.3) is 5.91 Å². The molecule has 7 heteroatoms. The summed E-state index contributed by atoms with van der Waals surface area (Å²) in [4.78, 5) is 25.4. The van der Waals surface area contributed by atoms with Gasteiger partial charge in [-0.1, -0.05) is 0 Å². The first kappa shape index (κ1) is 18.2. The summed E-state index contributed by atoms with van der Waals surface area (Å²) in [6.07, 6.45) is 3.95. The van der Waals surface area contributed by atoms with Gasteiger partial charge in [-0.15, -0.1) is 0 Å². The van der Waals surface area contributed by atoms with E-state index in [1.807, 2.05) is 44.6 Å². The molecular weight excluding hydrogens is 354 g/mol. The van der Waals surface area contributed by atoms with Crippen LogP contribution in [0.25, 0.3) is 11.0 Å². The van der Waals surface area contributed by atoms with Crippen LogP contribution < -0.4 is 15.3 Å². The molecule has 0 bridgehead atoms. The molecule has 1 fully saturated rings. The average molecular weight is 377 g/mol. The molecule has 1 aliphatic rings. The number of rotatable bonds is 4. The van der Waals surface area contributed by atoms with Crippen molar-refractivity contribution in [3.8, 4) is 0 Å². The van der Waals surface area contributed by atoms with Crippen molar-refractivity contribution in [2.24, 2.45) is 0 Å². The number of nitrogens with one attached hydrogen (secondary N) is 1. The third-order valence-electron chi connectivity index (χ3n) is 5.22. The van der Waals surface area contributed by atoms with Crippen LogP contribution in [0.2, 0.25) is 0 Å². The van der Waals surface area contributed by atoms with E-state index in [0.717, 1.165) is 47.5 Å². The van der Waals surface area contributed by atoms with Crippen LogP contribution in [-0.2, 0) is 0 Å². The summed E-state index contributed by atoms with van der Waals surface area (Å²) in [6, 6.07) is 13.5. The Balaban J connectivity index is 1.62. The van der Waals surface area contributed by atoms with E-state index in [4.69, 9.17) is 10.2 Å². The molecule has 1 atom stereocenters. The van der Waals surface area contributed by atoms with Crippen LogP contribution in [0.3, 0.4) is 0 Å². The molecule has 2 aromatic carbocycles. The van der Waals surface area contributed by atoms with Crippen LogP contribution in [-0.4, -0.2) is 41.7 Å². The van der Waals surface area contributed by atoms with E-state index in [9.17, 15) is 4.79 Å². The van der Waals surface area contributed by atoms with Crippen molar-refractivity contribution in [1.82, 2.24) is 15.4 Å². The Morgan fingerprint density at radius 1 is 1.18 bits per heavy atom. The summed E-state index contributed by atoms with van der Waals surface area (Å²) in [5.74, 6) is -0.512. The molecule has 7 nitrogen and oxygen atoms in total. The predicted octanol–water partition coefficient (Wildman–Crippen LogP) is 3.16. The van der Waals surface area contributed by atoms with E-state index in [0.29, 0.717) is 5.56 Å². The van der Waals surface area contributed by atoms with Gasteiger partial charge in [0, 0.05) is 37.6 Å². The Morgan fingerprint density at radius 2 is 1.96 bits per heavy atom. The van der Waals surface area contributed by atoms with Crippen LogP contribution in [0.15, 0.2) is 48.7 Å². The minimum absolute atomic E-state index is 0.156. The third kappa shape index (κ3) is 3.36. The topological polar surface area (TPSA) is 81.6 Å². The lowest BCUT2D eigenvalue weighted by molar-refractivity contribution is 0.0706. The Kier molecular flexibility index (Phi) is 4.83. The highest BCUT2D eigenvalue weighted by molar-refractivity contribution is 5.93. The first-order valence-corrected chi connectivity index (χ1v) is 9.32. The number of carbonyl (C=O) groups is 1. The molecule has 4 rings (SSSR count). The van der Waals surface area contributed by atoms with E-state index in [-0.39, 0.29) is 6.04 Å². The van der Waals surface area contributed by atoms with Crippen molar-refractivity contribution in [2.75, 3.05) is 30.4 Å². The number of amides is 1. The van der Waals surface area contributed by atoms with Gasteiger partial charge in [-0.3, -0.25) is 15.0 Å². The van der Waals surface area contributed by atoms with E-state index in [1.165, 1.54) is 0 Å². The van der Waals surface area contributed by atoms with Gasteiger partial charge >= 0.3 is 0 Å². The number of hydrogen-bond donors (Lipinski definition) is 2. The second-order valence-electron chi connectivity index (χ2n) is 7.20. The molecule has 0 spiro atoms. The van der Waals surface area contributed by atoms with Crippen LogP contribution in [0.1, 0.15) is 34.9 Å². The molecule has 1 saturated heterocycles. The molecule has 1 aliphatic heterocycles. The molecular formula is C21H23N5O2. The molecule has 0 aliphatic carbocycles. The van der Waals surface area contributed by atoms with Crippen molar-refractivity contribution < 1.29 is 10.0 Å². The van der Waals surface area contributed by atoms with Gasteiger partial charge in [0.05, 0.1) is 29.0 Å². The Bertz CT molecular complexity index is 1000. The molecule has 1 unspecified atom stereocenters. The van der Waals surface area contributed by atoms with Gasteiger partial charge in [-0.2, -0.15) is 0 Å². The summed E-state index contributed by atoms with van der Waals surface area (Å²) in [5, 5.41) is 8.77. The molecule has 28 heavy (non-hydrogen) atoms. The molecule has 144 valence electrons. The average Bonchev–Trinajstić information content (AvgIpc) is 3.22. The molecule has 3 aromatic rings. The van der Waals surface area contributed by atoms with Crippen molar-refractivity contribution in [3.05, 3.63) is 59.9 Å². The maximum absolute atomic E-state index is 11.5. The molecule has 1 amide bonds. The van der Waals surface area contributed by atoms with Gasteiger partial charge in [0.15, 0.2) is 0 Å². The zero-order valence-electron chi connectivity index (χ0n) is 16.0. The largest absolute Gasteiger partial charge is 0.378 e. The minimum Gasteiger partial charge on any atom is -0.378 e. The third-order valence-corrected chi connectivity index (χ3v) is 5.22. The van der Waals surface area contributed by atoms with Crippen LogP contribution in [0.4, 0.5) is 11.4 Å². The SMILES string of the molecule is CN(C)c1ccc2nc(C3CCCN3c3ccc(C(=O)NO)cc3)cnc2c1. The molecule has 2 N–H and O–H groups in total. The second kappa shape index (κ2) is 7.44. The number of benzene rings is 2. The molecule has 0 saturated carbocycles. The van der Waals surface area contributed by atoms with Crippen LogP contribution in [0.5, 0.6) is 0 Å². The predicted molar refractivity (Wildman–Crippen MR) is 109 cm³/mol. The van der Waals surface area contributed by atoms with Gasteiger partial charge in [0.1, 0.15) is 0 Å². The first-order chi connectivity index (χ1) is 13.6. The monoisotopic (exact) mass is 377 g/mol. The Morgan fingerprint density at radius 3 is 2.68 bits per heavy atom. The number of anilines is 2. The van der Waals surface area contributed by atoms with E-state index >= 15 is 0 Å². The normalized spacial score (nSPS) is 16.4. The van der Waals surface area contributed by atoms with Crippen molar-refractivity contribution in [3.63, 3.8) is 0 Å². The number of aromatic nitrogens is 2. The highest BCUT2D eigenvalue weighted by atomic mass is 16.5. The van der Waals surface area contributed by atoms with Crippen molar-refractivity contribution in [1.29, 1.82) is 0 Å². The lowest BCUT2D eigenvalue weighted by Crippen LogP contribution is -2.24. The zero-order valence-corrected chi connectivity index (χ0v) is 16.0. The number of fused-ring (bicyclic) bond motifs is 1. The van der Waals surface area contributed by atoms with E-state index in [1.54, 1.807) is 17.6 Å². The maximum Gasteiger partial charge on any atom is 0.274 e. The summed E-state index contributed by atoms with van der Waals surface area (Å²) in [7, 11) is 4.02. The standard InChI is InChI=1S/C21H23N5O2/c1-25(2)16-9-10-17-18(12-16)22-13-19(23-17)20-4-3-11-26(20)15-7-5-14(6-8-15)21(27)24-28/h5-10,12-13,20,28H,3-4,11H2,1-2H3,(H,24,27). The van der Waals surface area contributed by atoms with Gasteiger partial charge in [-0.05, 0) is 55.3 Å². The fourth-order valence-electron chi connectivity index (χ4n) is 3.70. The Hall–Kier alpha value is -3.19. The Labute approximate surface area is 163 Å². The van der Waals surface area contributed by atoms with Gasteiger partial charge in [-0.25, -0.2) is 10.5 Å². The maximum atomic E-state index is 11.5. The van der Waals surface area contributed by atoms with Crippen LogP contribution in [0, 0.1) is 0 Å². The van der Waals surface area contributed by atoms with E-state index < -0.39 is 5.91 Å². The summed E-state index contributed by atoms with van der Waals surface area (Å²) in [5.41, 5.74) is 6.95. The highest BCUT2D eigenvalue weighted by Crippen LogP contribution is 2.35. The highest BCUT2D eigenvalue weighted by Gasteiger charge is 2.28. The first-order valence-electron chi connectivity index (χ1n) is 9.32. The second-order valence-corrected chi connectivity index (χ2v) is 7.20. The van der Waals surface area contributed by atoms with Crippen molar-refractivity contribution in [2.45, 2.75) is 18.9 Å². The van der Waals surface area contributed by atoms with Crippen LogP contribution >= 0.6 is 0 Å². The fourth-order valence-corrected chi connectivity index (χ4v) is 3.70. The molecule has 0 radical (unpaired) electrons. The summed E-state index contributed by atoms with van der Waals surface area (Å²) in [6.45, 7) is 0.926. The lowest BCUT2D eigenvalue weighted by atomic mass is 10.1.